The maximum atomic E-state index is 15.1. The molecule has 11 heteroatoms. The lowest BCUT2D eigenvalue weighted by Crippen LogP contribution is -2.66. The van der Waals surface area contributed by atoms with Gasteiger partial charge in [0.25, 0.3) is 10.9 Å². The summed E-state index contributed by atoms with van der Waals surface area (Å²) < 4.78 is 44.4. The molecule has 5 rings (SSSR count). The molecule has 9 nitrogen and oxygen atoms in total. The normalized spacial score (nSPS) is 28.0. The van der Waals surface area contributed by atoms with E-state index in [0.717, 1.165) is 35.1 Å². The molecule has 2 fully saturated rings. The SMILES string of the molecule is COc1ccc(CN2CC(C)(C)c3c2ncnc3N2C[C@@H](C)N(C(=O)C3(F)CCS3(=O)=O)C[C@@H]2C)cc1. The van der Waals surface area contributed by atoms with Crippen molar-refractivity contribution < 1.29 is 22.3 Å². The Morgan fingerprint density at radius 2 is 1.78 bits per heavy atom. The second-order valence-corrected chi connectivity index (χ2v) is 13.4. The Labute approximate surface area is 217 Å². The van der Waals surface area contributed by atoms with Crippen LogP contribution < -0.4 is 14.5 Å². The first-order valence-electron chi connectivity index (χ1n) is 12.6. The lowest BCUT2D eigenvalue weighted by molar-refractivity contribution is -0.142. The molecule has 3 aliphatic heterocycles. The lowest BCUT2D eigenvalue weighted by Gasteiger charge is -2.47. The number of alkyl halides is 1. The molecule has 200 valence electrons. The monoisotopic (exact) mass is 531 g/mol. The number of sulfone groups is 1. The fourth-order valence-electron chi connectivity index (χ4n) is 5.75. The number of ether oxygens (including phenoxy) is 1. The van der Waals surface area contributed by atoms with Gasteiger partial charge in [-0.15, -0.1) is 0 Å². The minimum Gasteiger partial charge on any atom is -0.497 e. The van der Waals surface area contributed by atoms with Crippen molar-refractivity contribution in [2.45, 2.75) is 63.2 Å². The van der Waals surface area contributed by atoms with Crippen molar-refractivity contribution >= 4 is 27.4 Å². The van der Waals surface area contributed by atoms with Crippen LogP contribution in [0.5, 0.6) is 5.75 Å². The van der Waals surface area contributed by atoms with Crippen LogP contribution in [-0.4, -0.2) is 78.8 Å². The summed E-state index contributed by atoms with van der Waals surface area (Å²) in [5.74, 6) is 1.28. The molecule has 2 aromatic rings. The third-order valence-corrected chi connectivity index (χ3v) is 10.0. The van der Waals surface area contributed by atoms with Gasteiger partial charge in [-0.1, -0.05) is 26.0 Å². The highest BCUT2D eigenvalue weighted by atomic mass is 32.2. The first-order chi connectivity index (χ1) is 17.4. The van der Waals surface area contributed by atoms with Crippen molar-refractivity contribution in [3.63, 3.8) is 0 Å². The van der Waals surface area contributed by atoms with E-state index < -0.39 is 20.7 Å². The van der Waals surface area contributed by atoms with Gasteiger partial charge in [-0.2, -0.15) is 0 Å². The largest absolute Gasteiger partial charge is 0.497 e. The first kappa shape index (κ1) is 25.7. The van der Waals surface area contributed by atoms with Gasteiger partial charge in [0.2, 0.25) is 0 Å². The number of halogens is 1. The molecule has 0 bridgehead atoms. The molecule has 1 unspecified atom stereocenters. The van der Waals surface area contributed by atoms with E-state index in [2.05, 4.69) is 33.6 Å². The fraction of sp³-hybridized carbons (Fsp3) is 0.577. The molecule has 3 atom stereocenters. The van der Waals surface area contributed by atoms with Crippen LogP contribution in [0.1, 0.15) is 45.2 Å². The Morgan fingerprint density at radius 3 is 2.38 bits per heavy atom. The number of anilines is 2. The molecular weight excluding hydrogens is 497 g/mol. The predicted octanol–water partition coefficient (Wildman–Crippen LogP) is 2.69. The Kier molecular flexibility index (Phi) is 6.12. The van der Waals surface area contributed by atoms with E-state index in [1.54, 1.807) is 13.4 Å². The molecule has 0 spiro atoms. The zero-order chi connectivity index (χ0) is 26.8. The van der Waals surface area contributed by atoms with E-state index in [9.17, 15) is 13.2 Å². The molecule has 0 aliphatic carbocycles. The number of aromatic nitrogens is 2. The van der Waals surface area contributed by atoms with Crippen LogP contribution in [0.15, 0.2) is 30.6 Å². The minimum absolute atomic E-state index is 0.183. The number of methoxy groups -OCH3 is 1. The number of hydrogen-bond acceptors (Lipinski definition) is 8. The van der Waals surface area contributed by atoms with E-state index in [1.807, 2.05) is 38.1 Å². The molecule has 2 saturated heterocycles. The van der Waals surface area contributed by atoms with Gasteiger partial charge >= 0.3 is 0 Å². The number of hydrogen-bond donors (Lipinski definition) is 0. The van der Waals surface area contributed by atoms with Gasteiger partial charge in [-0.05, 0) is 31.5 Å². The standard InChI is InChI=1S/C26H34FN5O4S/c1-17-13-32(24(33)26(27)10-11-37(26,34)35)18(2)12-31(17)23-21-22(28-16-29-23)30(15-25(21,3)4)14-19-6-8-20(36-5)9-7-19/h6-9,16-18H,10-15H2,1-5H3/t17-,18+,26?/m0/s1. The van der Waals surface area contributed by atoms with Crippen LogP contribution in [0.2, 0.25) is 0 Å². The first-order valence-corrected chi connectivity index (χ1v) is 14.3. The number of rotatable bonds is 5. The van der Waals surface area contributed by atoms with Gasteiger partial charge in [-0.25, -0.2) is 22.8 Å². The topological polar surface area (TPSA) is 95.9 Å². The van der Waals surface area contributed by atoms with Gasteiger partial charge in [0.1, 0.15) is 23.7 Å². The summed E-state index contributed by atoms with van der Waals surface area (Å²) in [4.78, 5) is 28.1. The zero-order valence-electron chi connectivity index (χ0n) is 21.9. The van der Waals surface area contributed by atoms with Crippen LogP contribution in [0, 0.1) is 0 Å². The number of amides is 1. The van der Waals surface area contributed by atoms with E-state index in [0.29, 0.717) is 13.1 Å². The highest BCUT2D eigenvalue weighted by Crippen LogP contribution is 2.45. The van der Waals surface area contributed by atoms with Crippen molar-refractivity contribution in [3.8, 4) is 5.75 Å². The summed E-state index contributed by atoms with van der Waals surface area (Å²) in [7, 11) is -2.39. The smallest absolute Gasteiger partial charge is 0.288 e. The van der Waals surface area contributed by atoms with E-state index in [-0.39, 0.29) is 36.2 Å². The summed E-state index contributed by atoms with van der Waals surface area (Å²) in [5, 5.41) is -2.79. The highest BCUT2D eigenvalue weighted by molar-refractivity contribution is 7.94. The Bertz CT molecular complexity index is 1320. The third-order valence-electron chi connectivity index (χ3n) is 7.93. The van der Waals surface area contributed by atoms with Gasteiger partial charge in [-0.3, -0.25) is 4.79 Å². The summed E-state index contributed by atoms with van der Waals surface area (Å²) in [5.41, 5.74) is 1.97. The number of nitrogens with zero attached hydrogens (tertiary/aromatic N) is 5. The maximum absolute atomic E-state index is 15.1. The van der Waals surface area contributed by atoms with Crippen LogP contribution >= 0.6 is 0 Å². The molecule has 1 aromatic heterocycles. The summed E-state index contributed by atoms with van der Waals surface area (Å²) >= 11 is 0. The van der Waals surface area contributed by atoms with Crippen LogP contribution in [-0.2, 0) is 26.6 Å². The van der Waals surface area contributed by atoms with Crippen molar-refractivity contribution in [2.75, 3.05) is 42.3 Å². The molecular formula is C26H34FN5O4S. The summed E-state index contributed by atoms with van der Waals surface area (Å²) in [6, 6.07) is 7.43. The second kappa shape index (κ2) is 8.82. The number of fused-ring (bicyclic) bond motifs is 1. The summed E-state index contributed by atoms with van der Waals surface area (Å²) in [6.07, 6.45) is 1.30. The molecule has 0 saturated carbocycles. The summed E-state index contributed by atoms with van der Waals surface area (Å²) in [6.45, 7) is 10.2. The minimum atomic E-state index is -4.04. The molecule has 3 aliphatic rings. The van der Waals surface area contributed by atoms with E-state index in [4.69, 9.17) is 4.74 Å². The van der Waals surface area contributed by atoms with E-state index in [1.165, 1.54) is 4.90 Å². The molecule has 37 heavy (non-hydrogen) atoms. The van der Waals surface area contributed by atoms with Crippen molar-refractivity contribution in [3.05, 3.63) is 41.7 Å². The average Bonchev–Trinajstić information content (AvgIpc) is 3.13. The number of piperazine rings is 1. The fourth-order valence-corrected chi connectivity index (χ4v) is 7.03. The molecule has 0 N–H and O–H groups in total. The van der Waals surface area contributed by atoms with Gasteiger partial charge < -0.3 is 19.4 Å². The molecule has 0 radical (unpaired) electrons. The molecule has 1 amide bonds. The van der Waals surface area contributed by atoms with E-state index >= 15 is 4.39 Å². The zero-order valence-corrected chi connectivity index (χ0v) is 22.8. The Hall–Kier alpha value is -2.95. The third kappa shape index (κ3) is 4.11. The van der Waals surface area contributed by atoms with Crippen molar-refractivity contribution in [1.29, 1.82) is 0 Å². The Morgan fingerprint density at radius 1 is 1.11 bits per heavy atom. The number of carbonyl (C=O) groups is 1. The van der Waals surface area contributed by atoms with Crippen molar-refractivity contribution in [2.24, 2.45) is 0 Å². The second-order valence-electron chi connectivity index (χ2n) is 11.1. The molecule has 1 aromatic carbocycles. The van der Waals surface area contributed by atoms with Crippen molar-refractivity contribution in [1.82, 2.24) is 14.9 Å². The highest BCUT2D eigenvalue weighted by Gasteiger charge is 2.61. The quantitative estimate of drug-likeness (QED) is 0.581. The van der Waals surface area contributed by atoms with Gasteiger partial charge in [0.05, 0.1) is 12.9 Å². The Balaban J connectivity index is 1.41. The van der Waals surface area contributed by atoms with Crippen LogP contribution in [0.25, 0.3) is 0 Å². The van der Waals surface area contributed by atoms with Crippen LogP contribution in [0.4, 0.5) is 16.0 Å². The lowest BCUT2D eigenvalue weighted by atomic mass is 9.87. The predicted molar refractivity (Wildman–Crippen MR) is 139 cm³/mol. The molecule has 4 heterocycles. The van der Waals surface area contributed by atoms with Gasteiger partial charge in [0, 0.05) is 55.7 Å². The van der Waals surface area contributed by atoms with Crippen LogP contribution in [0.3, 0.4) is 0 Å². The van der Waals surface area contributed by atoms with Gasteiger partial charge in [0.15, 0.2) is 9.84 Å². The average molecular weight is 532 g/mol. The number of benzene rings is 1. The number of carbonyl (C=O) groups excluding carboxylic acids is 1. The maximum Gasteiger partial charge on any atom is 0.288 e.